The first-order valence-electron chi connectivity index (χ1n) is 4.90. The van der Waals surface area contributed by atoms with Gasteiger partial charge in [0, 0.05) is 6.54 Å². The predicted molar refractivity (Wildman–Crippen MR) is 58.4 cm³/mol. The quantitative estimate of drug-likeness (QED) is 0.525. The SMILES string of the molecule is C=COCCCNCc1ccc(O)cn1. The van der Waals surface area contributed by atoms with E-state index in [0.29, 0.717) is 13.2 Å². The second-order valence-electron chi connectivity index (χ2n) is 3.08. The molecule has 0 saturated heterocycles. The van der Waals surface area contributed by atoms with Crippen molar-refractivity contribution in [2.75, 3.05) is 13.2 Å². The van der Waals surface area contributed by atoms with E-state index in [1.54, 1.807) is 12.1 Å². The molecule has 0 aromatic carbocycles. The zero-order chi connectivity index (χ0) is 10.9. The maximum absolute atomic E-state index is 9.02. The van der Waals surface area contributed by atoms with Crippen molar-refractivity contribution in [1.82, 2.24) is 10.3 Å². The van der Waals surface area contributed by atoms with Gasteiger partial charge in [-0.1, -0.05) is 6.58 Å². The Labute approximate surface area is 89.6 Å². The Balaban J connectivity index is 2.09. The lowest BCUT2D eigenvalue weighted by Crippen LogP contribution is -2.16. The number of pyridine rings is 1. The molecule has 0 atom stereocenters. The fourth-order valence-corrected chi connectivity index (χ4v) is 1.10. The normalized spacial score (nSPS) is 9.87. The first-order chi connectivity index (χ1) is 7.33. The highest BCUT2D eigenvalue weighted by Gasteiger charge is 1.94. The lowest BCUT2D eigenvalue weighted by molar-refractivity contribution is 0.244. The number of nitrogens with zero attached hydrogens (tertiary/aromatic N) is 1. The van der Waals surface area contributed by atoms with Gasteiger partial charge in [-0.25, -0.2) is 0 Å². The van der Waals surface area contributed by atoms with Crippen molar-refractivity contribution < 1.29 is 9.84 Å². The van der Waals surface area contributed by atoms with Crippen LogP contribution in [-0.2, 0) is 11.3 Å². The lowest BCUT2D eigenvalue weighted by atomic mass is 10.3. The van der Waals surface area contributed by atoms with Gasteiger partial charge in [0.25, 0.3) is 0 Å². The third-order valence-electron chi connectivity index (χ3n) is 1.85. The van der Waals surface area contributed by atoms with Crippen molar-refractivity contribution in [2.24, 2.45) is 0 Å². The summed E-state index contributed by atoms with van der Waals surface area (Å²) in [6.45, 7) is 5.71. The summed E-state index contributed by atoms with van der Waals surface area (Å²) in [5.41, 5.74) is 0.914. The largest absolute Gasteiger partial charge is 0.506 e. The van der Waals surface area contributed by atoms with Gasteiger partial charge in [0.1, 0.15) is 5.75 Å². The summed E-state index contributed by atoms with van der Waals surface area (Å²) in [5.74, 6) is 0.193. The van der Waals surface area contributed by atoms with Crippen LogP contribution in [0.2, 0.25) is 0 Å². The van der Waals surface area contributed by atoms with Crippen LogP contribution < -0.4 is 5.32 Å². The smallest absolute Gasteiger partial charge is 0.133 e. The van der Waals surface area contributed by atoms with Crippen molar-refractivity contribution in [3.05, 3.63) is 36.9 Å². The minimum absolute atomic E-state index is 0.193. The summed E-state index contributed by atoms with van der Waals surface area (Å²) >= 11 is 0. The van der Waals surface area contributed by atoms with E-state index in [9.17, 15) is 0 Å². The van der Waals surface area contributed by atoms with E-state index in [1.807, 2.05) is 0 Å². The van der Waals surface area contributed by atoms with Gasteiger partial charge in [0.15, 0.2) is 0 Å². The summed E-state index contributed by atoms with van der Waals surface area (Å²) in [6.07, 6.45) is 3.82. The molecule has 1 aromatic rings. The summed E-state index contributed by atoms with van der Waals surface area (Å²) in [4.78, 5) is 4.05. The van der Waals surface area contributed by atoms with Crippen LogP contribution in [0, 0.1) is 0 Å². The Morgan fingerprint density at radius 2 is 2.40 bits per heavy atom. The first-order valence-corrected chi connectivity index (χ1v) is 4.90. The van der Waals surface area contributed by atoms with Crippen molar-refractivity contribution in [3.63, 3.8) is 0 Å². The van der Waals surface area contributed by atoms with Gasteiger partial charge in [0.2, 0.25) is 0 Å². The fraction of sp³-hybridized carbons (Fsp3) is 0.364. The van der Waals surface area contributed by atoms with Crippen LogP contribution in [0.4, 0.5) is 0 Å². The molecule has 0 fully saturated rings. The van der Waals surface area contributed by atoms with Crippen LogP contribution in [0.15, 0.2) is 31.2 Å². The van der Waals surface area contributed by atoms with Gasteiger partial charge < -0.3 is 15.2 Å². The Morgan fingerprint density at radius 3 is 3.07 bits per heavy atom. The van der Waals surface area contributed by atoms with Gasteiger partial charge in [-0.2, -0.15) is 0 Å². The van der Waals surface area contributed by atoms with Crippen LogP contribution in [0.3, 0.4) is 0 Å². The Kier molecular flexibility index (Phi) is 5.25. The molecule has 0 aliphatic heterocycles. The molecule has 15 heavy (non-hydrogen) atoms. The number of aromatic hydroxyl groups is 1. The molecule has 0 spiro atoms. The van der Waals surface area contributed by atoms with Crippen LogP contribution in [-0.4, -0.2) is 23.2 Å². The third kappa shape index (κ3) is 5.02. The van der Waals surface area contributed by atoms with E-state index in [4.69, 9.17) is 9.84 Å². The Hall–Kier alpha value is -1.55. The minimum Gasteiger partial charge on any atom is -0.506 e. The Bertz CT molecular complexity index is 285. The molecule has 4 heteroatoms. The van der Waals surface area contributed by atoms with Crippen LogP contribution >= 0.6 is 0 Å². The molecule has 0 amide bonds. The van der Waals surface area contributed by atoms with E-state index < -0.39 is 0 Å². The highest BCUT2D eigenvalue weighted by molar-refractivity contribution is 5.17. The zero-order valence-electron chi connectivity index (χ0n) is 8.65. The number of hydrogen-bond acceptors (Lipinski definition) is 4. The van der Waals surface area contributed by atoms with Gasteiger partial charge in [-0.05, 0) is 25.1 Å². The number of rotatable bonds is 7. The average Bonchev–Trinajstić information content (AvgIpc) is 2.26. The second-order valence-corrected chi connectivity index (χ2v) is 3.08. The summed E-state index contributed by atoms with van der Waals surface area (Å²) in [6, 6.07) is 3.42. The van der Waals surface area contributed by atoms with Crippen LogP contribution in [0.1, 0.15) is 12.1 Å². The molecule has 1 heterocycles. The summed E-state index contributed by atoms with van der Waals surface area (Å²) in [5, 5.41) is 12.2. The number of hydrogen-bond donors (Lipinski definition) is 2. The summed E-state index contributed by atoms with van der Waals surface area (Å²) < 4.78 is 4.98. The molecule has 1 aromatic heterocycles. The third-order valence-corrected chi connectivity index (χ3v) is 1.85. The minimum atomic E-state index is 0.193. The predicted octanol–water partition coefficient (Wildman–Crippen LogP) is 1.43. The second kappa shape index (κ2) is 6.84. The van der Waals surface area contributed by atoms with Crippen molar-refractivity contribution in [3.8, 4) is 5.75 Å². The maximum atomic E-state index is 9.02. The molecule has 2 N–H and O–H groups in total. The van der Waals surface area contributed by atoms with Gasteiger partial charge in [-0.15, -0.1) is 0 Å². The molecule has 0 bridgehead atoms. The van der Waals surface area contributed by atoms with E-state index in [1.165, 1.54) is 12.5 Å². The van der Waals surface area contributed by atoms with Crippen molar-refractivity contribution in [1.29, 1.82) is 0 Å². The molecule has 0 aliphatic carbocycles. The molecular weight excluding hydrogens is 192 g/mol. The molecule has 0 radical (unpaired) electrons. The van der Waals surface area contributed by atoms with Crippen molar-refractivity contribution >= 4 is 0 Å². The molecule has 0 saturated carbocycles. The van der Waals surface area contributed by atoms with Gasteiger partial charge in [0.05, 0.1) is 24.8 Å². The van der Waals surface area contributed by atoms with Gasteiger partial charge >= 0.3 is 0 Å². The molecular formula is C11H16N2O2. The summed E-state index contributed by atoms with van der Waals surface area (Å²) in [7, 11) is 0. The zero-order valence-corrected chi connectivity index (χ0v) is 8.65. The molecule has 0 unspecified atom stereocenters. The molecule has 4 nitrogen and oxygen atoms in total. The highest BCUT2D eigenvalue weighted by Crippen LogP contribution is 2.05. The first kappa shape index (κ1) is 11.5. The van der Waals surface area contributed by atoms with Crippen LogP contribution in [0.25, 0.3) is 0 Å². The molecule has 1 rings (SSSR count). The van der Waals surface area contributed by atoms with E-state index in [2.05, 4.69) is 16.9 Å². The standard InChI is InChI=1S/C11H16N2O2/c1-2-15-7-3-6-12-8-10-4-5-11(14)9-13-10/h2,4-5,9,12,14H,1,3,6-8H2. The number of nitrogens with one attached hydrogen (secondary N) is 1. The maximum Gasteiger partial charge on any atom is 0.133 e. The molecule has 0 aliphatic rings. The topological polar surface area (TPSA) is 54.4 Å². The molecule has 82 valence electrons. The average molecular weight is 208 g/mol. The number of ether oxygens (including phenoxy) is 1. The number of aromatic nitrogens is 1. The lowest BCUT2D eigenvalue weighted by Gasteiger charge is -2.04. The van der Waals surface area contributed by atoms with E-state index >= 15 is 0 Å². The van der Waals surface area contributed by atoms with E-state index in [-0.39, 0.29) is 5.75 Å². The highest BCUT2D eigenvalue weighted by atomic mass is 16.5. The van der Waals surface area contributed by atoms with Crippen LogP contribution in [0.5, 0.6) is 5.75 Å². The van der Waals surface area contributed by atoms with E-state index in [0.717, 1.165) is 18.7 Å². The van der Waals surface area contributed by atoms with Gasteiger partial charge in [-0.3, -0.25) is 4.98 Å². The van der Waals surface area contributed by atoms with Crippen molar-refractivity contribution in [2.45, 2.75) is 13.0 Å². The monoisotopic (exact) mass is 208 g/mol. The Morgan fingerprint density at radius 1 is 1.53 bits per heavy atom. The fourth-order valence-electron chi connectivity index (χ4n) is 1.10.